The van der Waals surface area contributed by atoms with Crippen molar-refractivity contribution < 1.29 is 13.2 Å². The normalized spacial score (nSPS) is 11.2. The summed E-state index contributed by atoms with van der Waals surface area (Å²) in [6.07, 6.45) is 0. The first-order valence-electron chi connectivity index (χ1n) is 8.17. The van der Waals surface area contributed by atoms with Crippen LogP contribution in [0.15, 0.2) is 77.7 Å². The third-order valence-corrected chi connectivity index (χ3v) is 5.49. The standard InChI is InChI=1S/C21H19NO3S/c1-15-7-13-19(14-8-15)26(24,25)22-21-6-4-3-5-20(21)18-11-9-17(10-12-18)16(2)23/h3-14,22H,1-2H3. The van der Waals surface area contributed by atoms with Gasteiger partial charge in [0, 0.05) is 11.1 Å². The molecule has 4 nitrogen and oxygen atoms in total. The van der Waals surface area contributed by atoms with Gasteiger partial charge in [-0.15, -0.1) is 0 Å². The number of benzene rings is 3. The number of carbonyl (C=O) groups excluding carboxylic acids is 1. The van der Waals surface area contributed by atoms with E-state index >= 15 is 0 Å². The highest BCUT2D eigenvalue weighted by Crippen LogP contribution is 2.30. The highest BCUT2D eigenvalue weighted by molar-refractivity contribution is 7.92. The molecule has 3 rings (SSSR count). The summed E-state index contributed by atoms with van der Waals surface area (Å²) < 4.78 is 28.0. The van der Waals surface area contributed by atoms with Crippen molar-refractivity contribution in [3.63, 3.8) is 0 Å². The van der Waals surface area contributed by atoms with Crippen molar-refractivity contribution in [1.82, 2.24) is 0 Å². The molecule has 0 radical (unpaired) electrons. The van der Waals surface area contributed by atoms with E-state index in [0.717, 1.165) is 16.7 Å². The molecule has 0 atom stereocenters. The Kier molecular flexibility index (Phi) is 4.91. The van der Waals surface area contributed by atoms with Crippen LogP contribution in [0, 0.1) is 6.92 Å². The topological polar surface area (TPSA) is 63.2 Å². The summed E-state index contributed by atoms with van der Waals surface area (Å²) in [7, 11) is -3.69. The number of nitrogens with one attached hydrogen (secondary N) is 1. The van der Waals surface area contributed by atoms with Gasteiger partial charge in [0.25, 0.3) is 10.0 Å². The average molecular weight is 365 g/mol. The smallest absolute Gasteiger partial charge is 0.261 e. The molecule has 3 aromatic carbocycles. The maximum absolute atomic E-state index is 12.7. The molecular weight excluding hydrogens is 346 g/mol. The lowest BCUT2D eigenvalue weighted by atomic mass is 10.0. The van der Waals surface area contributed by atoms with Crippen LogP contribution in [0.25, 0.3) is 11.1 Å². The number of hydrogen-bond acceptors (Lipinski definition) is 3. The molecule has 0 saturated carbocycles. The fourth-order valence-electron chi connectivity index (χ4n) is 2.63. The Balaban J connectivity index is 1.97. The molecule has 0 spiro atoms. The SMILES string of the molecule is CC(=O)c1ccc(-c2ccccc2NS(=O)(=O)c2ccc(C)cc2)cc1. The van der Waals surface area contributed by atoms with Crippen molar-refractivity contribution in [2.75, 3.05) is 4.72 Å². The number of para-hydroxylation sites is 1. The van der Waals surface area contributed by atoms with Crippen molar-refractivity contribution in [3.05, 3.63) is 83.9 Å². The summed E-state index contributed by atoms with van der Waals surface area (Å²) in [5.41, 5.74) is 3.68. The van der Waals surface area contributed by atoms with Crippen LogP contribution in [0.5, 0.6) is 0 Å². The molecule has 5 heteroatoms. The summed E-state index contributed by atoms with van der Waals surface area (Å²) in [5, 5.41) is 0. The zero-order valence-electron chi connectivity index (χ0n) is 14.6. The van der Waals surface area contributed by atoms with E-state index in [1.165, 1.54) is 6.92 Å². The van der Waals surface area contributed by atoms with Crippen molar-refractivity contribution in [3.8, 4) is 11.1 Å². The van der Waals surface area contributed by atoms with Gasteiger partial charge in [0.1, 0.15) is 0 Å². The predicted molar refractivity (Wildman–Crippen MR) is 104 cm³/mol. The second-order valence-electron chi connectivity index (χ2n) is 6.10. The van der Waals surface area contributed by atoms with Crippen LogP contribution in [-0.4, -0.2) is 14.2 Å². The fraction of sp³-hybridized carbons (Fsp3) is 0.0952. The van der Waals surface area contributed by atoms with Crippen molar-refractivity contribution in [2.45, 2.75) is 18.7 Å². The zero-order valence-corrected chi connectivity index (χ0v) is 15.4. The minimum Gasteiger partial charge on any atom is -0.295 e. The summed E-state index contributed by atoms with van der Waals surface area (Å²) >= 11 is 0. The van der Waals surface area contributed by atoms with Gasteiger partial charge in [-0.05, 0) is 37.6 Å². The molecule has 0 aliphatic rings. The number of ketones is 1. The third kappa shape index (κ3) is 3.83. The lowest BCUT2D eigenvalue weighted by Crippen LogP contribution is -2.13. The third-order valence-electron chi connectivity index (χ3n) is 4.11. The van der Waals surface area contributed by atoms with Crippen LogP contribution in [-0.2, 0) is 10.0 Å². The van der Waals surface area contributed by atoms with Crippen molar-refractivity contribution in [1.29, 1.82) is 0 Å². The second-order valence-corrected chi connectivity index (χ2v) is 7.78. The van der Waals surface area contributed by atoms with Gasteiger partial charge in [0.2, 0.25) is 0 Å². The monoisotopic (exact) mass is 365 g/mol. The molecule has 1 N–H and O–H groups in total. The van der Waals surface area contributed by atoms with E-state index < -0.39 is 10.0 Å². The molecule has 0 unspecified atom stereocenters. The number of anilines is 1. The molecule has 3 aromatic rings. The van der Waals surface area contributed by atoms with Gasteiger partial charge in [-0.2, -0.15) is 0 Å². The Labute approximate surface area is 153 Å². The summed E-state index contributed by atoms with van der Waals surface area (Å²) in [6, 6.07) is 21.0. The van der Waals surface area contributed by atoms with Gasteiger partial charge in [-0.1, -0.05) is 60.2 Å². The van der Waals surface area contributed by atoms with Crippen LogP contribution < -0.4 is 4.72 Å². The second kappa shape index (κ2) is 7.14. The molecule has 132 valence electrons. The van der Waals surface area contributed by atoms with E-state index in [1.807, 2.05) is 31.2 Å². The van der Waals surface area contributed by atoms with E-state index in [4.69, 9.17) is 0 Å². The average Bonchev–Trinajstić information content (AvgIpc) is 2.62. The highest BCUT2D eigenvalue weighted by atomic mass is 32.2. The van der Waals surface area contributed by atoms with Gasteiger partial charge in [0.05, 0.1) is 10.6 Å². The van der Waals surface area contributed by atoms with E-state index in [2.05, 4.69) is 4.72 Å². The van der Waals surface area contributed by atoms with Gasteiger partial charge in [-0.3, -0.25) is 9.52 Å². The number of aryl methyl sites for hydroxylation is 1. The molecule has 0 fully saturated rings. The van der Waals surface area contributed by atoms with Crippen LogP contribution in [0.1, 0.15) is 22.8 Å². The molecule has 0 bridgehead atoms. The quantitative estimate of drug-likeness (QED) is 0.669. The highest BCUT2D eigenvalue weighted by Gasteiger charge is 2.16. The van der Waals surface area contributed by atoms with Crippen LogP contribution in [0.4, 0.5) is 5.69 Å². The molecule has 0 aromatic heterocycles. The van der Waals surface area contributed by atoms with Crippen LogP contribution in [0.3, 0.4) is 0 Å². The Morgan fingerprint density at radius 3 is 2.08 bits per heavy atom. The Bertz CT molecular complexity index is 1040. The predicted octanol–water partition coefficient (Wildman–Crippen LogP) is 4.67. The Hall–Kier alpha value is -2.92. The summed E-state index contributed by atoms with van der Waals surface area (Å²) in [6.45, 7) is 3.42. The molecule has 0 aliphatic carbocycles. The zero-order chi connectivity index (χ0) is 18.7. The first-order chi connectivity index (χ1) is 12.4. The van der Waals surface area contributed by atoms with E-state index in [9.17, 15) is 13.2 Å². The largest absolute Gasteiger partial charge is 0.295 e. The van der Waals surface area contributed by atoms with Crippen molar-refractivity contribution in [2.24, 2.45) is 0 Å². The molecule has 0 amide bonds. The Morgan fingerprint density at radius 1 is 0.846 bits per heavy atom. The maximum Gasteiger partial charge on any atom is 0.261 e. The molecular formula is C21H19NO3S. The molecule has 0 aliphatic heterocycles. The van der Waals surface area contributed by atoms with E-state index in [0.29, 0.717) is 11.3 Å². The minimum atomic E-state index is -3.69. The molecule has 0 heterocycles. The Morgan fingerprint density at radius 2 is 1.46 bits per heavy atom. The molecule has 26 heavy (non-hydrogen) atoms. The number of Topliss-reactive ketones (excluding diaryl/α,β-unsaturated/α-hetero) is 1. The van der Waals surface area contributed by atoms with E-state index in [-0.39, 0.29) is 10.7 Å². The minimum absolute atomic E-state index is 0.00934. The van der Waals surface area contributed by atoms with Gasteiger partial charge < -0.3 is 0 Å². The molecule has 0 saturated heterocycles. The maximum atomic E-state index is 12.7. The van der Waals surface area contributed by atoms with Crippen LogP contribution in [0.2, 0.25) is 0 Å². The van der Waals surface area contributed by atoms with Gasteiger partial charge in [-0.25, -0.2) is 8.42 Å². The fourth-order valence-corrected chi connectivity index (χ4v) is 3.71. The van der Waals surface area contributed by atoms with Crippen molar-refractivity contribution >= 4 is 21.5 Å². The van der Waals surface area contributed by atoms with Crippen LogP contribution >= 0.6 is 0 Å². The number of sulfonamides is 1. The van der Waals surface area contributed by atoms with Gasteiger partial charge >= 0.3 is 0 Å². The lowest BCUT2D eigenvalue weighted by molar-refractivity contribution is 0.101. The first kappa shape index (κ1) is 17.9. The summed E-state index contributed by atoms with van der Waals surface area (Å²) in [5.74, 6) is -0.00934. The first-order valence-corrected chi connectivity index (χ1v) is 9.65. The van der Waals surface area contributed by atoms with E-state index in [1.54, 1.807) is 48.5 Å². The van der Waals surface area contributed by atoms with Gasteiger partial charge in [0.15, 0.2) is 5.78 Å². The number of rotatable bonds is 5. The summed E-state index contributed by atoms with van der Waals surface area (Å²) in [4.78, 5) is 11.6. The number of hydrogen-bond donors (Lipinski definition) is 1. The number of carbonyl (C=O) groups is 1. The lowest BCUT2D eigenvalue weighted by Gasteiger charge is -2.13.